The molecule has 8 nitrogen and oxygen atoms in total. The zero-order chi connectivity index (χ0) is 16.7. The number of nitrogens with zero attached hydrogens (tertiary/aromatic N) is 1. The van der Waals surface area contributed by atoms with Crippen LogP contribution in [0.2, 0.25) is 0 Å². The van der Waals surface area contributed by atoms with Gasteiger partial charge in [-0.3, -0.25) is 14.9 Å². The molecule has 0 unspecified atom stereocenters. The van der Waals surface area contributed by atoms with Crippen LogP contribution in [0.3, 0.4) is 0 Å². The lowest BCUT2D eigenvalue weighted by Crippen LogP contribution is -2.58. The normalized spacial score (nSPS) is 24.5. The third-order valence-electron chi connectivity index (χ3n) is 4.73. The second-order valence-corrected chi connectivity index (χ2v) is 6.18. The van der Waals surface area contributed by atoms with Crippen LogP contribution in [0.5, 0.6) is 11.5 Å². The minimum absolute atomic E-state index is 0.161. The SMILES string of the molecule is O=C1NC(=O)C2(CCN(C(=O)[C@@H]3COc4ccccc4O3)CC2)N1. The van der Waals surface area contributed by atoms with Crippen molar-refractivity contribution < 1.29 is 23.9 Å². The van der Waals surface area contributed by atoms with Gasteiger partial charge in [0.2, 0.25) is 6.10 Å². The molecule has 4 amide bonds. The van der Waals surface area contributed by atoms with Gasteiger partial charge in [-0.15, -0.1) is 0 Å². The maximum Gasteiger partial charge on any atom is 0.322 e. The van der Waals surface area contributed by atoms with Gasteiger partial charge in [-0.2, -0.15) is 0 Å². The van der Waals surface area contributed by atoms with Crippen LogP contribution < -0.4 is 20.1 Å². The lowest BCUT2D eigenvalue weighted by Gasteiger charge is -2.38. The standard InChI is InChI=1S/C16H17N3O5/c20-13(12-9-23-10-3-1-2-4-11(10)24-12)19-7-5-16(6-8-19)14(21)17-15(22)18-16/h1-4,12H,5-9H2,(H2,17,18,21,22)/t12-/m0/s1. The molecule has 0 aromatic heterocycles. The Balaban J connectivity index is 1.41. The number of likely N-dealkylation sites (tertiary alicyclic amines) is 1. The van der Waals surface area contributed by atoms with Gasteiger partial charge < -0.3 is 19.7 Å². The summed E-state index contributed by atoms with van der Waals surface area (Å²) in [7, 11) is 0. The molecule has 1 spiro atoms. The smallest absolute Gasteiger partial charge is 0.322 e. The summed E-state index contributed by atoms with van der Waals surface area (Å²) in [5.74, 6) is 0.706. The number of imide groups is 1. The van der Waals surface area contributed by atoms with E-state index in [0.29, 0.717) is 37.4 Å². The summed E-state index contributed by atoms with van der Waals surface area (Å²) >= 11 is 0. The number of urea groups is 1. The van der Waals surface area contributed by atoms with Crippen LogP contribution in [-0.4, -0.2) is 54.1 Å². The van der Waals surface area contributed by atoms with E-state index >= 15 is 0 Å². The van der Waals surface area contributed by atoms with Gasteiger partial charge in [-0.25, -0.2) is 4.79 Å². The molecule has 3 heterocycles. The second kappa shape index (κ2) is 5.40. The number of rotatable bonds is 1. The fourth-order valence-electron chi connectivity index (χ4n) is 3.33. The number of nitrogens with one attached hydrogen (secondary N) is 2. The molecular formula is C16H17N3O5. The number of hydrogen-bond acceptors (Lipinski definition) is 5. The molecule has 1 aromatic rings. The molecule has 8 heteroatoms. The van der Waals surface area contributed by atoms with E-state index in [-0.39, 0.29) is 18.4 Å². The van der Waals surface area contributed by atoms with Crippen molar-refractivity contribution in [2.75, 3.05) is 19.7 Å². The van der Waals surface area contributed by atoms with Gasteiger partial charge in [-0.05, 0) is 25.0 Å². The van der Waals surface area contributed by atoms with Gasteiger partial charge in [0.25, 0.3) is 11.8 Å². The van der Waals surface area contributed by atoms with Crippen LogP contribution in [0, 0.1) is 0 Å². The van der Waals surface area contributed by atoms with Crippen LogP contribution in [0.25, 0.3) is 0 Å². The Morgan fingerprint density at radius 1 is 1.17 bits per heavy atom. The molecule has 3 aliphatic heterocycles. The van der Waals surface area contributed by atoms with E-state index in [2.05, 4.69) is 10.6 Å². The van der Waals surface area contributed by atoms with E-state index in [1.165, 1.54) is 0 Å². The quantitative estimate of drug-likeness (QED) is 0.708. The van der Waals surface area contributed by atoms with Crippen LogP contribution in [0.4, 0.5) is 4.79 Å². The number of para-hydroxylation sites is 2. The molecule has 1 atom stereocenters. The fraction of sp³-hybridized carbons (Fsp3) is 0.438. The van der Waals surface area contributed by atoms with Gasteiger partial charge in [0.05, 0.1) is 0 Å². The third kappa shape index (κ3) is 2.34. The molecule has 3 aliphatic rings. The van der Waals surface area contributed by atoms with Crippen molar-refractivity contribution >= 4 is 17.8 Å². The molecule has 0 radical (unpaired) electrons. The Morgan fingerprint density at radius 2 is 1.88 bits per heavy atom. The average Bonchev–Trinajstić information content (AvgIpc) is 2.87. The van der Waals surface area contributed by atoms with Gasteiger partial charge in [-0.1, -0.05) is 12.1 Å². The second-order valence-electron chi connectivity index (χ2n) is 6.18. The van der Waals surface area contributed by atoms with Crippen molar-refractivity contribution in [1.29, 1.82) is 0 Å². The zero-order valence-corrected chi connectivity index (χ0v) is 12.9. The molecule has 2 N–H and O–H groups in total. The Hall–Kier alpha value is -2.77. The maximum atomic E-state index is 12.6. The number of carbonyl (C=O) groups excluding carboxylic acids is 3. The summed E-state index contributed by atoms with van der Waals surface area (Å²) in [5, 5.41) is 4.94. The zero-order valence-electron chi connectivity index (χ0n) is 12.9. The van der Waals surface area contributed by atoms with E-state index in [4.69, 9.17) is 9.47 Å². The summed E-state index contributed by atoms with van der Waals surface area (Å²) < 4.78 is 11.3. The predicted octanol–water partition coefficient (Wildman–Crippen LogP) is 0.0270. The lowest BCUT2D eigenvalue weighted by molar-refractivity contribution is -0.144. The van der Waals surface area contributed by atoms with E-state index in [0.717, 1.165) is 0 Å². The lowest BCUT2D eigenvalue weighted by atomic mass is 9.87. The molecule has 2 saturated heterocycles. The van der Waals surface area contributed by atoms with E-state index in [1.54, 1.807) is 17.0 Å². The highest BCUT2D eigenvalue weighted by Crippen LogP contribution is 2.32. The van der Waals surface area contributed by atoms with Crippen LogP contribution in [0.15, 0.2) is 24.3 Å². The molecule has 2 fully saturated rings. The number of piperidine rings is 1. The Bertz CT molecular complexity index is 711. The van der Waals surface area contributed by atoms with E-state index in [9.17, 15) is 14.4 Å². The molecule has 126 valence electrons. The fourth-order valence-corrected chi connectivity index (χ4v) is 3.33. The van der Waals surface area contributed by atoms with Crippen molar-refractivity contribution in [3.63, 3.8) is 0 Å². The number of benzene rings is 1. The average molecular weight is 331 g/mol. The Morgan fingerprint density at radius 3 is 2.54 bits per heavy atom. The monoisotopic (exact) mass is 331 g/mol. The van der Waals surface area contributed by atoms with Gasteiger partial charge in [0.1, 0.15) is 12.1 Å². The minimum Gasteiger partial charge on any atom is -0.485 e. The predicted molar refractivity (Wildman–Crippen MR) is 81.6 cm³/mol. The summed E-state index contributed by atoms with van der Waals surface area (Å²) in [4.78, 5) is 37.6. The molecule has 0 bridgehead atoms. The Kier molecular flexibility index (Phi) is 3.33. The minimum atomic E-state index is -0.885. The first-order valence-corrected chi connectivity index (χ1v) is 7.88. The van der Waals surface area contributed by atoms with Crippen LogP contribution in [-0.2, 0) is 9.59 Å². The topological polar surface area (TPSA) is 97.0 Å². The molecule has 0 saturated carbocycles. The van der Waals surface area contributed by atoms with Gasteiger partial charge >= 0.3 is 6.03 Å². The van der Waals surface area contributed by atoms with Crippen molar-refractivity contribution in [3.05, 3.63) is 24.3 Å². The van der Waals surface area contributed by atoms with Crippen LogP contribution >= 0.6 is 0 Å². The highest BCUT2D eigenvalue weighted by atomic mass is 16.6. The van der Waals surface area contributed by atoms with Crippen LogP contribution in [0.1, 0.15) is 12.8 Å². The third-order valence-corrected chi connectivity index (χ3v) is 4.73. The summed E-state index contributed by atoms with van der Waals surface area (Å²) in [5.41, 5.74) is -0.885. The highest BCUT2D eigenvalue weighted by Gasteiger charge is 2.49. The molecule has 0 aliphatic carbocycles. The first-order valence-electron chi connectivity index (χ1n) is 7.88. The molecule has 1 aromatic carbocycles. The van der Waals surface area contributed by atoms with Gasteiger partial charge in [0.15, 0.2) is 11.5 Å². The number of carbonyl (C=O) groups is 3. The number of amides is 4. The first-order chi connectivity index (χ1) is 11.6. The van der Waals surface area contributed by atoms with Crippen molar-refractivity contribution in [2.24, 2.45) is 0 Å². The molecule has 4 rings (SSSR count). The van der Waals surface area contributed by atoms with E-state index in [1.807, 2.05) is 12.1 Å². The largest absolute Gasteiger partial charge is 0.485 e. The molecule has 24 heavy (non-hydrogen) atoms. The summed E-state index contributed by atoms with van der Waals surface area (Å²) in [6, 6.07) is 6.75. The first kappa shape index (κ1) is 14.8. The summed E-state index contributed by atoms with van der Waals surface area (Å²) in [6.07, 6.45) is 0.0852. The number of ether oxygens (including phenoxy) is 2. The highest BCUT2D eigenvalue weighted by molar-refractivity contribution is 6.07. The van der Waals surface area contributed by atoms with Crippen molar-refractivity contribution in [2.45, 2.75) is 24.5 Å². The number of hydrogen-bond donors (Lipinski definition) is 2. The maximum absolute atomic E-state index is 12.6. The van der Waals surface area contributed by atoms with E-state index < -0.39 is 17.7 Å². The van der Waals surface area contributed by atoms with Gasteiger partial charge in [0, 0.05) is 13.1 Å². The van der Waals surface area contributed by atoms with Crippen molar-refractivity contribution in [1.82, 2.24) is 15.5 Å². The molecular weight excluding hydrogens is 314 g/mol. The number of fused-ring (bicyclic) bond motifs is 1. The summed E-state index contributed by atoms with van der Waals surface area (Å²) in [6.45, 7) is 0.927. The Labute approximate surface area is 138 Å². The van der Waals surface area contributed by atoms with Crippen molar-refractivity contribution in [3.8, 4) is 11.5 Å².